The van der Waals surface area contributed by atoms with Crippen molar-refractivity contribution in [2.24, 2.45) is 0 Å². The molecule has 2 rings (SSSR count). The second kappa shape index (κ2) is 10.3. The van der Waals surface area contributed by atoms with Crippen molar-refractivity contribution in [1.82, 2.24) is 0 Å². The SMILES string of the molecule is CCCCc1cc(Cc2cc(CCCC)c(C)c(I)c2N)c(N)c(I)c1C. The number of hydrogen-bond acceptors (Lipinski definition) is 2. The zero-order chi connectivity index (χ0) is 20.1. The number of rotatable bonds is 8. The van der Waals surface area contributed by atoms with Gasteiger partial charge in [0.25, 0.3) is 0 Å². The van der Waals surface area contributed by atoms with Crippen LogP contribution in [0.15, 0.2) is 12.1 Å². The zero-order valence-electron chi connectivity index (χ0n) is 17.0. The van der Waals surface area contributed by atoms with E-state index in [1.54, 1.807) is 0 Å². The Labute approximate surface area is 192 Å². The van der Waals surface area contributed by atoms with Crippen molar-refractivity contribution >= 4 is 56.6 Å². The van der Waals surface area contributed by atoms with Gasteiger partial charge < -0.3 is 11.5 Å². The highest BCUT2D eigenvalue weighted by molar-refractivity contribution is 14.1. The molecule has 2 aromatic rings. The number of nitrogens with two attached hydrogens (primary N) is 2. The number of aryl methyl sites for hydroxylation is 2. The van der Waals surface area contributed by atoms with Crippen LogP contribution in [-0.2, 0) is 19.3 Å². The van der Waals surface area contributed by atoms with E-state index in [2.05, 4.69) is 85.0 Å². The molecule has 0 bridgehead atoms. The van der Waals surface area contributed by atoms with E-state index in [4.69, 9.17) is 11.5 Å². The van der Waals surface area contributed by atoms with Gasteiger partial charge in [-0.1, -0.05) is 38.8 Å². The van der Waals surface area contributed by atoms with Gasteiger partial charge in [0.1, 0.15) is 0 Å². The van der Waals surface area contributed by atoms with Gasteiger partial charge in [-0.2, -0.15) is 0 Å². The molecule has 2 nitrogen and oxygen atoms in total. The van der Waals surface area contributed by atoms with Crippen LogP contribution < -0.4 is 11.5 Å². The van der Waals surface area contributed by atoms with Crippen LogP contribution in [0.25, 0.3) is 0 Å². The third-order valence-corrected chi connectivity index (χ3v) is 8.24. The molecule has 0 aliphatic rings. The lowest BCUT2D eigenvalue weighted by atomic mass is 9.92. The topological polar surface area (TPSA) is 52.0 Å². The molecule has 4 heteroatoms. The van der Waals surface area contributed by atoms with Crippen LogP contribution in [0.2, 0.25) is 0 Å². The lowest BCUT2D eigenvalue weighted by molar-refractivity contribution is 0.788. The van der Waals surface area contributed by atoms with Gasteiger partial charge in [-0.25, -0.2) is 0 Å². The summed E-state index contributed by atoms with van der Waals surface area (Å²) in [6.45, 7) is 8.87. The Kier molecular flexibility index (Phi) is 8.71. The van der Waals surface area contributed by atoms with Crippen molar-refractivity contribution in [3.05, 3.63) is 52.7 Å². The molecule has 0 saturated carbocycles. The lowest BCUT2D eigenvalue weighted by Crippen LogP contribution is -2.08. The fraction of sp³-hybridized carbons (Fsp3) is 0.478. The summed E-state index contributed by atoms with van der Waals surface area (Å²) in [5.74, 6) is 0. The van der Waals surface area contributed by atoms with Crippen LogP contribution in [0.5, 0.6) is 0 Å². The van der Waals surface area contributed by atoms with E-state index in [0.29, 0.717) is 0 Å². The monoisotopic (exact) mass is 590 g/mol. The fourth-order valence-electron chi connectivity index (χ4n) is 3.51. The highest BCUT2D eigenvalue weighted by atomic mass is 127. The Hall–Kier alpha value is -0.500. The first-order valence-electron chi connectivity index (χ1n) is 9.94. The molecular weight excluding hydrogens is 558 g/mol. The van der Waals surface area contributed by atoms with Crippen molar-refractivity contribution in [3.8, 4) is 0 Å². The minimum absolute atomic E-state index is 0.808. The molecule has 0 heterocycles. The van der Waals surface area contributed by atoms with E-state index >= 15 is 0 Å². The summed E-state index contributed by atoms with van der Waals surface area (Å²) >= 11 is 4.81. The number of nitrogen functional groups attached to an aromatic ring is 2. The molecule has 0 radical (unpaired) electrons. The van der Waals surface area contributed by atoms with Crippen molar-refractivity contribution in [2.45, 2.75) is 72.6 Å². The van der Waals surface area contributed by atoms with Crippen LogP contribution in [0.4, 0.5) is 11.4 Å². The average Bonchev–Trinajstić information content (AvgIpc) is 2.66. The maximum Gasteiger partial charge on any atom is 0.0488 e. The van der Waals surface area contributed by atoms with Gasteiger partial charge in [0.05, 0.1) is 0 Å². The normalized spacial score (nSPS) is 11.2. The Bertz CT molecular complexity index is 746. The average molecular weight is 590 g/mol. The summed E-state index contributed by atoms with van der Waals surface area (Å²) in [4.78, 5) is 0. The highest BCUT2D eigenvalue weighted by Crippen LogP contribution is 2.33. The van der Waals surface area contributed by atoms with Gasteiger partial charge in [0, 0.05) is 24.9 Å². The number of unbranched alkanes of at least 4 members (excludes halogenated alkanes) is 2. The van der Waals surface area contributed by atoms with Crippen LogP contribution in [0.1, 0.15) is 72.9 Å². The predicted molar refractivity (Wildman–Crippen MR) is 137 cm³/mol. The molecule has 0 saturated heterocycles. The second-order valence-corrected chi connectivity index (χ2v) is 9.64. The van der Waals surface area contributed by atoms with Crippen molar-refractivity contribution < 1.29 is 0 Å². The van der Waals surface area contributed by atoms with Gasteiger partial charge >= 0.3 is 0 Å². The first kappa shape index (κ1) is 22.8. The van der Waals surface area contributed by atoms with Crippen LogP contribution in [-0.4, -0.2) is 0 Å². The van der Waals surface area contributed by atoms with Crippen molar-refractivity contribution in [2.75, 3.05) is 11.5 Å². The summed E-state index contributed by atoms with van der Waals surface area (Å²) in [5, 5.41) is 0. The lowest BCUT2D eigenvalue weighted by Gasteiger charge is -2.18. The van der Waals surface area contributed by atoms with Gasteiger partial charge in [0.2, 0.25) is 0 Å². The molecule has 0 spiro atoms. The molecule has 0 aliphatic heterocycles. The molecule has 27 heavy (non-hydrogen) atoms. The van der Waals surface area contributed by atoms with Gasteiger partial charge in [-0.05, 0) is 118 Å². The Morgan fingerprint density at radius 1 is 0.704 bits per heavy atom. The number of hydrogen-bond donors (Lipinski definition) is 2. The third kappa shape index (κ3) is 5.31. The molecule has 0 atom stereocenters. The van der Waals surface area contributed by atoms with Gasteiger partial charge in [-0.15, -0.1) is 0 Å². The zero-order valence-corrected chi connectivity index (χ0v) is 21.3. The summed E-state index contributed by atoms with van der Waals surface area (Å²) in [7, 11) is 0. The Morgan fingerprint density at radius 3 is 1.41 bits per heavy atom. The molecule has 0 fully saturated rings. The third-order valence-electron chi connectivity index (χ3n) is 5.46. The minimum atomic E-state index is 0.808. The summed E-state index contributed by atoms with van der Waals surface area (Å²) in [6.07, 6.45) is 7.89. The van der Waals surface area contributed by atoms with Gasteiger partial charge in [-0.3, -0.25) is 0 Å². The van der Waals surface area contributed by atoms with E-state index in [-0.39, 0.29) is 0 Å². The van der Waals surface area contributed by atoms with Crippen molar-refractivity contribution in [1.29, 1.82) is 0 Å². The van der Waals surface area contributed by atoms with Crippen LogP contribution in [0, 0.1) is 21.0 Å². The minimum Gasteiger partial charge on any atom is -0.398 e. The van der Waals surface area contributed by atoms with E-state index < -0.39 is 0 Å². The summed E-state index contributed by atoms with van der Waals surface area (Å²) < 4.78 is 2.39. The first-order chi connectivity index (χ1) is 12.8. The maximum absolute atomic E-state index is 6.51. The summed E-state index contributed by atoms with van der Waals surface area (Å²) in [6, 6.07) is 4.64. The van der Waals surface area contributed by atoms with Crippen LogP contribution in [0.3, 0.4) is 0 Å². The number of halogens is 2. The fourth-order valence-corrected chi connectivity index (χ4v) is 4.90. The molecular formula is C23H32I2N2. The molecule has 0 amide bonds. The molecule has 0 unspecified atom stereocenters. The quantitative estimate of drug-likeness (QED) is 0.258. The Morgan fingerprint density at radius 2 is 1.07 bits per heavy atom. The predicted octanol–water partition coefficient (Wildman–Crippen LogP) is 6.95. The largest absolute Gasteiger partial charge is 0.398 e. The first-order valence-corrected chi connectivity index (χ1v) is 12.1. The number of anilines is 2. The van der Waals surface area contributed by atoms with E-state index in [0.717, 1.165) is 30.6 Å². The molecule has 148 valence electrons. The standard InChI is InChI=1S/C23H32I2N2/c1-5-7-9-16-11-18(22(26)20(24)14(16)3)13-19-12-17(10-8-6-2)15(4)21(25)23(19)27/h11-12H,5-10,13,26-27H2,1-4H3. The smallest absolute Gasteiger partial charge is 0.0488 e. The maximum atomic E-state index is 6.51. The van der Waals surface area contributed by atoms with E-state index in [9.17, 15) is 0 Å². The Balaban J connectivity index is 2.47. The summed E-state index contributed by atoms with van der Waals surface area (Å²) in [5.41, 5.74) is 22.8. The van der Waals surface area contributed by atoms with Gasteiger partial charge in [0.15, 0.2) is 0 Å². The molecule has 2 aromatic carbocycles. The molecule has 4 N–H and O–H groups in total. The number of benzene rings is 2. The van der Waals surface area contributed by atoms with Crippen LogP contribution >= 0.6 is 45.2 Å². The second-order valence-electron chi connectivity index (χ2n) is 7.48. The highest BCUT2D eigenvalue weighted by Gasteiger charge is 2.16. The molecule has 0 aromatic heterocycles. The van der Waals surface area contributed by atoms with Crippen molar-refractivity contribution in [3.63, 3.8) is 0 Å². The van der Waals surface area contributed by atoms with E-state index in [1.165, 1.54) is 66.2 Å². The molecule has 0 aliphatic carbocycles. The van der Waals surface area contributed by atoms with E-state index in [1.807, 2.05) is 0 Å².